The van der Waals surface area contributed by atoms with E-state index in [-0.39, 0.29) is 23.7 Å². The van der Waals surface area contributed by atoms with Gasteiger partial charge in [-0.05, 0) is 48.1 Å². The number of carbonyl (C=O) groups excluding carboxylic acids is 4. The fourth-order valence-electron chi connectivity index (χ4n) is 3.80. The molecule has 0 saturated carbocycles. The third-order valence-electron chi connectivity index (χ3n) is 6.01. The lowest BCUT2D eigenvalue weighted by molar-refractivity contribution is -0.145. The zero-order valence-corrected chi connectivity index (χ0v) is 23.7. The smallest absolute Gasteiger partial charge is 0.328 e. The van der Waals surface area contributed by atoms with Crippen LogP contribution in [0.5, 0.6) is 11.5 Å². The lowest BCUT2D eigenvalue weighted by Gasteiger charge is -2.26. The molecule has 3 amide bonds. The van der Waals surface area contributed by atoms with Crippen LogP contribution in [0.3, 0.4) is 0 Å². The Morgan fingerprint density at radius 3 is 2.18 bits per heavy atom. The molecule has 2 rings (SSSR count). The molecule has 0 aliphatic heterocycles. The quantitative estimate of drug-likeness (QED) is 0.258. The van der Waals surface area contributed by atoms with E-state index in [9.17, 15) is 24.3 Å². The molecule has 3 atom stereocenters. The van der Waals surface area contributed by atoms with Gasteiger partial charge in [0.25, 0.3) is 5.91 Å². The Morgan fingerprint density at radius 1 is 0.923 bits per heavy atom. The van der Waals surface area contributed by atoms with Gasteiger partial charge in [-0.15, -0.1) is 0 Å². The highest BCUT2D eigenvalue weighted by Crippen LogP contribution is 2.23. The summed E-state index contributed by atoms with van der Waals surface area (Å²) in [7, 11) is 2.68. The number of esters is 1. The molecular formula is C28H37N3O7S. The highest BCUT2D eigenvalue weighted by Gasteiger charge is 2.32. The Balaban J connectivity index is 2.27. The van der Waals surface area contributed by atoms with Crippen LogP contribution in [-0.4, -0.2) is 73.2 Å². The van der Waals surface area contributed by atoms with Gasteiger partial charge in [-0.1, -0.05) is 44.2 Å². The Bertz CT molecular complexity index is 1130. The van der Waals surface area contributed by atoms with Crippen LogP contribution >= 0.6 is 11.8 Å². The molecule has 0 fully saturated rings. The molecule has 39 heavy (non-hydrogen) atoms. The van der Waals surface area contributed by atoms with Gasteiger partial charge in [-0.2, -0.15) is 11.8 Å². The number of ether oxygens (including phenoxy) is 2. The second-order valence-electron chi connectivity index (χ2n) is 9.19. The number of phenols is 1. The molecule has 0 aliphatic carbocycles. The van der Waals surface area contributed by atoms with Crippen molar-refractivity contribution < 1.29 is 33.8 Å². The average molecular weight is 560 g/mol. The van der Waals surface area contributed by atoms with Crippen LogP contribution in [0.4, 0.5) is 0 Å². The molecule has 2 aromatic rings. The number of benzene rings is 2. The van der Waals surface area contributed by atoms with E-state index in [4.69, 9.17) is 9.47 Å². The van der Waals surface area contributed by atoms with Crippen LogP contribution in [0.25, 0.3) is 0 Å². The van der Waals surface area contributed by atoms with Gasteiger partial charge < -0.3 is 30.5 Å². The molecule has 2 aromatic carbocycles. The van der Waals surface area contributed by atoms with Crippen molar-refractivity contribution >= 4 is 35.5 Å². The summed E-state index contributed by atoms with van der Waals surface area (Å²) in [5.74, 6) is -2.03. The highest BCUT2D eigenvalue weighted by molar-refractivity contribution is 7.98. The van der Waals surface area contributed by atoms with Crippen LogP contribution in [0, 0.1) is 5.92 Å². The third kappa shape index (κ3) is 9.51. The van der Waals surface area contributed by atoms with E-state index in [1.54, 1.807) is 13.8 Å². The molecule has 11 heteroatoms. The molecule has 212 valence electrons. The van der Waals surface area contributed by atoms with Crippen molar-refractivity contribution in [1.29, 1.82) is 0 Å². The number of hydrogen-bond acceptors (Lipinski definition) is 8. The number of thioether (sulfide) groups is 1. The van der Waals surface area contributed by atoms with E-state index < -0.39 is 41.8 Å². The van der Waals surface area contributed by atoms with E-state index >= 15 is 0 Å². The summed E-state index contributed by atoms with van der Waals surface area (Å²) < 4.78 is 9.97. The van der Waals surface area contributed by atoms with Crippen LogP contribution in [0.15, 0.2) is 48.5 Å². The summed E-state index contributed by atoms with van der Waals surface area (Å²) in [6, 6.07) is 10.4. The summed E-state index contributed by atoms with van der Waals surface area (Å²) in [5, 5.41) is 18.3. The molecule has 0 radical (unpaired) electrons. The summed E-state index contributed by atoms with van der Waals surface area (Å²) in [6.45, 7) is 3.50. The van der Waals surface area contributed by atoms with Crippen molar-refractivity contribution in [3.63, 3.8) is 0 Å². The minimum absolute atomic E-state index is 0.0545. The van der Waals surface area contributed by atoms with E-state index in [1.807, 2.05) is 36.6 Å². The Kier molecular flexibility index (Phi) is 12.6. The highest BCUT2D eigenvalue weighted by atomic mass is 32.2. The number of amides is 3. The van der Waals surface area contributed by atoms with E-state index in [1.165, 1.54) is 44.2 Å². The minimum atomic E-state index is -1.04. The van der Waals surface area contributed by atoms with Crippen molar-refractivity contribution in [1.82, 2.24) is 16.0 Å². The topological polar surface area (TPSA) is 143 Å². The summed E-state index contributed by atoms with van der Waals surface area (Å²) >= 11 is 1.53. The lowest BCUT2D eigenvalue weighted by Crippen LogP contribution is -2.57. The molecule has 4 N–H and O–H groups in total. The van der Waals surface area contributed by atoms with Crippen LogP contribution in [0.1, 0.15) is 36.2 Å². The monoisotopic (exact) mass is 559 g/mol. The van der Waals surface area contributed by atoms with Gasteiger partial charge in [0, 0.05) is 6.42 Å². The van der Waals surface area contributed by atoms with Gasteiger partial charge in [0.1, 0.15) is 29.6 Å². The van der Waals surface area contributed by atoms with Gasteiger partial charge in [-0.3, -0.25) is 14.4 Å². The van der Waals surface area contributed by atoms with Crippen molar-refractivity contribution in [3.05, 3.63) is 59.7 Å². The van der Waals surface area contributed by atoms with Crippen molar-refractivity contribution in [2.24, 2.45) is 5.92 Å². The molecule has 0 spiro atoms. The van der Waals surface area contributed by atoms with Gasteiger partial charge >= 0.3 is 5.97 Å². The predicted octanol–water partition coefficient (Wildman–Crippen LogP) is 2.29. The van der Waals surface area contributed by atoms with Crippen molar-refractivity contribution in [3.8, 4) is 11.5 Å². The fraction of sp³-hybridized carbons (Fsp3) is 0.429. The molecule has 10 nitrogen and oxygen atoms in total. The zero-order chi connectivity index (χ0) is 28.9. The Hall–Kier alpha value is -3.73. The minimum Gasteiger partial charge on any atom is -0.507 e. The van der Waals surface area contributed by atoms with Gasteiger partial charge in [0.05, 0.1) is 19.8 Å². The van der Waals surface area contributed by atoms with Gasteiger partial charge in [-0.25, -0.2) is 4.79 Å². The first kappa shape index (κ1) is 31.5. The number of phenolic OH excluding ortho intramolecular Hbond substituents is 1. The molecular weight excluding hydrogens is 522 g/mol. The SMILES string of the molecule is COC(=O)[C@H](CCSC)NC(=O)[C@H](Cc1ccccc1)NC(=O)[C@@H](NC(=O)c1cc(OC)ccc1O)C(C)C. The number of carbonyl (C=O) groups is 4. The molecule has 0 aromatic heterocycles. The first-order chi connectivity index (χ1) is 18.6. The predicted molar refractivity (Wildman–Crippen MR) is 150 cm³/mol. The lowest BCUT2D eigenvalue weighted by atomic mass is 10.00. The Morgan fingerprint density at radius 2 is 1.59 bits per heavy atom. The number of rotatable bonds is 14. The maximum Gasteiger partial charge on any atom is 0.328 e. The van der Waals surface area contributed by atoms with Crippen molar-refractivity contribution in [2.75, 3.05) is 26.2 Å². The van der Waals surface area contributed by atoms with Gasteiger partial charge in [0.2, 0.25) is 11.8 Å². The van der Waals surface area contributed by atoms with E-state index in [2.05, 4.69) is 16.0 Å². The van der Waals surface area contributed by atoms with Crippen LogP contribution < -0.4 is 20.7 Å². The second kappa shape index (κ2) is 15.6. The number of aromatic hydroxyl groups is 1. The third-order valence-corrected chi connectivity index (χ3v) is 6.66. The normalized spacial score (nSPS) is 13.1. The largest absolute Gasteiger partial charge is 0.507 e. The Labute approximate surface area is 233 Å². The first-order valence-corrected chi connectivity index (χ1v) is 13.9. The van der Waals surface area contributed by atoms with Crippen molar-refractivity contribution in [2.45, 2.75) is 44.8 Å². The maximum absolute atomic E-state index is 13.4. The summed E-state index contributed by atoms with van der Waals surface area (Å²) in [5.41, 5.74) is 0.740. The van der Waals surface area contributed by atoms with Gasteiger partial charge in [0.15, 0.2) is 0 Å². The van der Waals surface area contributed by atoms with E-state index in [0.717, 1.165) is 5.56 Å². The number of nitrogens with one attached hydrogen (secondary N) is 3. The first-order valence-electron chi connectivity index (χ1n) is 12.5. The number of hydrogen-bond donors (Lipinski definition) is 4. The van der Waals surface area contributed by atoms with E-state index in [0.29, 0.717) is 17.9 Å². The molecule has 0 aliphatic rings. The second-order valence-corrected chi connectivity index (χ2v) is 10.2. The molecule has 0 heterocycles. The standard InChI is InChI=1S/C28H37N3O7S/c1-17(2)24(31-25(33)20-16-19(37-3)11-12-23(20)32)27(35)30-22(15-18-9-7-6-8-10-18)26(34)29-21(13-14-39-5)28(36)38-4/h6-12,16-17,21-22,24,32H,13-15H2,1-5H3,(H,29,34)(H,30,35)(H,31,33)/t21-,22-,24-/m0/s1. The zero-order valence-electron chi connectivity index (χ0n) is 22.9. The molecule has 0 bridgehead atoms. The van der Waals surface area contributed by atoms with Crippen LogP contribution in [0.2, 0.25) is 0 Å². The summed E-state index contributed by atoms with van der Waals surface area (Å²) in [4.78, 5) is 52.0. The maximum atomic E-state index is 13.4. The number of methoxy groups -OCH3 is 2. The molecule has 0 saturated heterocycles. The van der Waals surface area contributed by atoms with Crippen LogP contribution in [-0.2, 0) is 25.5 Å². The summed E-state index contributed by atoms with van der Waals surface area (Å²) in [6.07, 6.45) is 2.41. The average Bonchev–Trinajstić information content (AvgIpc) is 2.93. The fourth-order valence-corrected chi connectivity index (χ4v) is 4.27. The molecule has 0 unspecified atom stereocenters.